The van der Waals surface area contributed by atoms with Crippen LogP contribution in [0.1, 0.15) is 50.7 Å². The van der Waals surface area contributed by atoms with Gasteiger partial charge in [0.05, 0.1) is 12.6 Å². The molecule has 2 fully saturated rings. The molecule has 1 aromatic rings. The average Bonchev–Trinajstić information content (AvgIpc) is 3.12. The van der Waals surface area contributed by atoms with Crippen molar-refractivity contribution in [1.29, 1.82) is 0 Å². The van der Waals surface area contributed by atoms with Crippen LogP contribution in [-0.4, -0.2) is 41.0 Å². The molecule has 132 valence electrons. The molecule has 0 aliphatic carbocycles. The number of hydrogen-bond donors (Lipinski definition) is 0. The number of ether oxygens (including phenoxy) is 1. The first-order chi connectivity index (χ1) is 11.7. The summed E-state index contributed by atoms with van der Waals surface area (Å²) < 4.78 is 6.05. The highest BCUT2D eigenvalue weighted by Gasteiger charge is 2.29. The predicted molar refractivity (Wildman–Crippen MR) is 103 cm³/mol. The largest absolute Gasteiger partial charge is 0.367 e. The van der Waals surface area contributed by atoms with Gasteiger partial charge in [-0.25, -0.2) is 0 Å². The molecule has 2 aliphatic heterocycles. The Morgan fingerprint density at radius 1 is 1.25 bits per heavy atom. The van der Waals surface area contributed by atoms with Crippen LogP contribution in [0.4, 0.5) is 0 Å². The first-order valence-corrected chi connectivity index (χ1v) is 11.4. The van der Waals surface area contributed by atoms with E-state index in [2.05, 4.69) is 19.1 Å². The van der Waals surface area contributed by atoms with E-state index in [0.717, 1.165) is 23.8 Å². The smallest absolute Gasteiger partial charge is 0.222 e. The van der Waals surface area contributed by atoms with Crippen molar-refractivity contribution in [1.82, 2.24) is 4.90 Å². The molecule has 5 heteroatoms. The molecule has 0 bridgehead atoms. The van der Waals surface area contributed by atoms with Gasteiger partial charge in [0.15, 0.2) is 0 Å². The molecular formula is C19H27NO2S2. The van der Waals surface area contributed by atoms with Crippen molar-refractivity contribution in [3.8, 4) is 0 Å². The molecule has 2 saturated heterocycles. The lowest BCUT2D eigenvalue weighted by Gasteiger charge is -2.37. The van der Waals surface area contributed by atoms with Crippen LogP contribution in [0.25, 0.3) is 0 Å². The molecule has 2 aliphatic rings. The van der Waals surface area contributed by atoms with Crippen LogP contribution in [0.2, 0.25) is 0 Å². The normalized spacial score (nSPS) is 27.4. The van der Waals surface area contributed by atoms with E-state index in [4.69, 9.17) is 4.74 Å². The monoisotopic (exact) mass is 365 g/mol. The van der Waals surface area contributed by atoms with Gasteiger partial charge in [-0.15, -0.1) is 0 Å². The van der Waals surface area contributed by atoms with Crippen molar-refractivity contribution in [2.75, 3.05) is 18.8 Å². The summed E-state index contributed by atoms with van der Waals surface area (Å²) in [6.45, 7) is 3.46. The molecule has 0 saturated carbocycles. The van der Waals surface area contributed by atoms with Crippen LogP contribution in [-0.2, 0) is 9.53 Å². The van der Waals surface area contributed by atoms with Crippen LogP contribution in [0.15, 0.2) is 30.3 Å². The lowest BCUT2D eigenvalue weighted by atomic mass is 10.1. The van der Waals surface area contributed by atoms with E-state index in [-0.39, 0.29) is 12.2 Å². The lowest BCUT2D eigenvalue weighted by molar-refractivity contribution is -0.145. The van der Waals surface area contributed by atoms with Gasteiger partial charge in [-0.05, 0) is 31.7 Å². The maximum atomic E-state index is 12.6. The van der Waals surface area contributed by atoms with Crippen molar-refractivity contribution >= 4 is 27.5 Å². The zero-order chi connectivity index (χ0) is 16.8. The van der Waals surface area contributed by atoms with Gasteiger partial charge in [-0.2, -0.15) is 0 Å². The summed E-state index contributed by atoms with van der Waals surface area (Å²) in [4.78, 5) is 14.6. The quantitative estimate of drug-likeness (QED) is 0.540. The summed E-state index contributed by atoms with van der Waals surface area (Å²) in [5, 5.41) is 0.816. The highest BCUT2D eigenvalue weighted by Crippen LogP contribution is 2.39. The fraction of sp³-hybridized carbons (Fsp3) is 0.632. The minimum atomic E-state index is 0.00538. The Bertz CT molecular complexity index is 519. The molecule has 0 radical (unpaired) electrons. The number of benzene rings is 1. The van der Waals surface area contributed by atoms with Gasteiger partial charge < -0.3 is 9.64 Å². The predicted octanol–water partition coefficient (Wildman–Crippen LogP) is 4.69. The van der Waals surface area contributed by atoms with Gasteiger partial charge in [0.2, 0.25) is 5.91 Å². The van der Waals surface area contributed by atoms with Crippen molar-refractivity contribution in [3.63, 3.8) is 0 Å². The minimum Gasteiger partial charge on any atom is -0.367 e. The number of carbonyl (C=O) groups is 1. The lowest BCUT2D eigenvalue weighted by Crippen LogP contribution is -2.45. The number of unbranched alkanes of at least 4 members (excludes halogenated alkanes) is 1. The van der Waals surface area contributed by atoms with Crippen molar-refractivity contribution in [3.05, 3.63) is 35.9 Å². The molecule has 3 atom stereocenters. The van der Waals surface area contributed by atoms with Crippen LogP contribution in [0, 0.1) is 0 Å². The van der Waals surface area contributed by atoms with E-state index in [1.165, 1.54) is 25.0 Å². The number of amides is 1. The zero-order valence-electron chi connectivity index (χ0n) is 14.4. The number of carbonyl (C=O) groups excluding carboxylic acids is 1. The summed E-state index contributed by atoms with van der Waals surface area (Å²) in [6.07, 6.45) is 5.57. The Morgan fingerprint density at radius 3 is 2.83 bits per heavy atom. The summed E-state index contributed by atoms with van der Waals surface area (Å²) in [5.74, 6) is 1.58. The molecule has 3 rings (SSSR count). The Morgan fingerprint density at radius 2 is 2.08 bits per heavy atom. The SMILES string of the molecule is CC1CN(C(=O)CCCCC2CCSS2)CC(c2ccccc2)O1. The number of rotatable bonds is 6. The number of morpholine rings is 1. The first-order valence-electron chi connectivity index (χ1n) is 8.99. The number of hydrogen-bond acceptors (Lipinski definition) is 4. The van der Waals surface area contributed by atoms with Crippen LogP contribution in [0.5, 0.6) is 0 Å². The van der Waals surface area contributed by atoms with E-state index >= 15 is 0 Å². The van der Waals surface area contributed by atoms with Gasteiger partial charge in [0.1, 0.15) is 6.10 Å². The summed E-state index contributed by atoms with van der Waals surface area (Å²) in [6, 6.07) is 10.2. The summed E-state index contributed by atoms with van der Waals surface area (Å²) >= 11 is 0. The van der Waals surface area contributed by atoms with E-state index in [1.807, 2.05) is 44.7 Å². The maximum absolute atomic E-state index is 12.6. The van der Waals surface area contributed by atoms with Crippen molar-refractivity contribution < 1.29 is 9.53 Å². The van der Waals surface area contributed by atoms with Crippen molar-refractivity contribution in [2.24, 2.45) is 0 Å². The van der Waals surface area contributed by atoms with E-state index in [9.17, 15) is 4.79 Å². The van der Waals surface area contributed by atoms with Crippen LogP contribution in [0.3, 0.4) is 0 Å². The topological polar surface area (TPSA) is 29.5 Å². The number of nitrogens with zero attached hydrogens (tertiary/aromatic N) is 1. The first kappa shape index (κ1) is 18.2. The third kappa shape index (κ3) is 5.17. The van der Waals surface area contributed by atoms with Gasteiger partial charge in [0.25, 0.3) is 0 Å². The maximum Gasteiger partial charge on any atom is 0.222 e. The van der Waals surface area contributed by atoms with E-state index in [1.54, 1.807) is 0 Å². The van der Waals surface area contributed by atoms with Crippen molar-refractivity contribution in [2.45, 2.75) is 56.5 Å². The Labute approximate surface area is 153 Å². The summed E-state index contributed by atoms with van der Waals surface area (Å²) in [5.41, 5.74) is 1.16. The van der Waals surface area contributed by atoms with Gasteiger partial charge in [0, 0.05) is 24.0 Å². The summed E-state index contributed by atoms with van der Waals surface area (Å²) in [7, 11) is 4.03. The van der Waals surface area contributed by atoms with Gasteiger partial charge in [-0.3, -0.25) is 4.79 Å². The molecule has 0 spiro atoms. The Kier molecular flexibility index (Phi) is 6.93. The molecule has 2 heterocycles. The molecular weight excluding hydrogens is 338 g/mol. The second-order valence-electron chi connectivity index (χ2n) is 6.72. The fourth-order valence-electron chi connectivity index (χ4n) is 3.38. The Hall–Kier alpha value is -0.650. The molecule has 3 unspecified atom stereocenters. The van der Waals surface area contributed by atoms with Crippen LogP contribution >= 0.6 is 21.6 Å². The van der Waals surface area contributed by atoms with Gasteiger partial charge >= 0.3 is 0 Å². The molecule has 24 heavy (non-hydrogen) atoms. The standard InChI is InChI=1S/C19H27NO2S2/c1-15-13-20(14-18(22-15)16-7-3-2-4-8-16)19(21)10-6-5-9-17-11-12-23-24-17/h2-4,7-8,15,17-18H,5-6,9-14H2,1H3. The average molecular weight is 366 g/mol. The van der Waals surface area contributed by atoms with E-state index < -0.39 is 0 Å². The molecule has 1 amide bonds. The van der Waals surface area contributed by atoms with Crippen LogP contribution < -0.4 is 0 Å². The highest BCUT2D eigenvalue weighted by atomic mass is 33.1. The molecule has 1 aromatic carbocycles. The van der Waals surface area contributed by atoms with E-state index in [0.29, 0.717) is 18.9 Å². The molecule has 3 nitrogen and oxygen atoms in total. The Balaban J connectivity index is 1.45. The fourth-order valence-corrected chi connectivity index (χ4v) is 6.41. The minimum absolute atomic E-state index is 0.00538. The third-order valence-electron chi connectivity index (χ3n) is 4.68. The second-order valence-corrected chi connectivity index (χ2v) is 9.51. The zero-order valence-corrected chi connectivity index (χ0v) is 16.0. The third-order valence-corrected chi connectivity index (χ3v) is 7.69. The molecule has 0 N–H and O–H groups in total. The van der Waals surface area contributed by atoms with Gasteiger partial charge in [-0.1, -0.05) is 58.3 Å². The highest BCUT2D eigenvalue weighted by molar-refractivity contribution is 8.77. The second kappa shape index (κ2) is 9.16. The molecule has 0 aromatic heterocycles.